The largest absolute Gasteiger partial charge is 0.497 e. The van der Waals surface area contributed by atoms with Gasteiger partial charge in [-0.2, -0.15) is 0 Å². The van der Waals surface area contributed by atoms with Gasteiger partial charge in [0.25, 0.3) is 0 Å². The van der Waals surface area contributed by atoms with Crippen LogP contribution < -0.4 is 15.2 Å². The molecule has 0 atom stereocenters. The zero-order valence-electron chi connectivity index (χ0n) is 16.2. The molecule has 0 unspecified atom stereocenters. The molecule has 146 valence electrons. The quantitative estimate of drug-likeness (QED) is 0.548. The Kier molecular flexibility index (Phi) is 4.37. The average molecular weight is 394 g/mol. The first-order chi connectivity index (χ1) is 14.7. The minimum atomic E-state index is 0.117. The Morgan fingerprint density at radius 2 is 1.93 bits per heavy atom. The second kappa shape index (κ2) is 7.33. The normalized spacial score (nSPS) is 13.5. The number of aromatic hydroxyl groups is 1. The van der Waals surface area contributed by atoms with Gasteiger partial charge in [-0.05, 0) is 65.9 Å². The lowest BCUT2D eigenvalue weighted by Crippen LogP contribution is -2.08. The lowest BCUT2D eigenvalue weighted by atomic mass is 10.1. The number of azo groups is 1. The Balaban J connectivity index is 1.56. The fraction of sp³-hybridized carbons (Fsp3) is 0.0417. The molecule has 2 N–H and O–H groups in total. The molecule has 3 heterocycles. The van der Waals surface area contributed by atoms with Gasteiger partial charge in [0.1, 0.15) is 5.75 Å². The number of pyridine rings is 1. The number of ether oxygens (including phenoxy) is 1. The minimum absolute atomic E-state index is 0.117. The van der Waals surface area contributed by atoms with Crippen molar-refractivity contribution in [2.45, 2.75) is 0 Å². The summed E-state index contributed by atoms with van der Waals surface area (Å²) in [6.45, 7) is 0. The van der Waals surface area contributed by atoms with Gasteiger partial charge in [-0.3, -0.25) is 4.98 Å². The number of nitrogens with zero attached hydrogens (tertiary/aromatic N) is 3. The second-order valence-corrected chi connectivity index (χ2v) is 6.89. The highest BCUT2D eigenvalue weighted by Gasteiger charge is 2.10. The highest BCUT2D eigenvalue weighted by atomic mass is 16.5. The SMILES string of the molecule is COc1ccc2[nH]c(O)c(C=c3ccc4c(c3)N=NC=4C=Cc3ccccn3)c2c1. The Bertz CT molecular complexity index is 1430. The van der Waals surface area contributed by atoms with Crippen LogP contribution >= 0.6 is 0 Å². The molecule has 1 aliphatic rings. The number of methoxy groups -OCH3 is 1. The maximum Gasteiger partial charge on any atom is 0.196 e. The molecule has 5 rings (SSSR count). The van der Waals surface area contributed by atoms with Crippen molar-refractivity contribution in [1.82, 2.24) is 9.97 Å². The molecule has 2 aromatic heterocycles. The van der Waals surface area contributed by atoms with Crippen molar-refractivity contribution in [3.63, 3.8) is 0 Å². The van der Waals surface area contributed by atoms with Gasteiger partial charge in [-0.15, -0.1) is 10.2 Å². The summed E-state index contributed by atoms with van der Waals surface area (Å²) >= 11 is 0. The van der Waals surface area contributed by atoms with Gasteiger partial charge in [0.2, 0.25) is 0 Å². The highest BCUT2D eigenvalue weighted by Crippen LogP contribution is 2.30. The molecule has 0 amide bonds. The van der Waals surface area contributed by atoms with Crippen molar-refractivity contribution in [2.24, 2.45) is 10.2 Å². The van der Waals surface area contributed by atoms with E-state index in [4.69, 9.17) is 4.74 Å². The number of aromatic nitrogens is 2. The van der Waals surface area contributed by atoms with E-state index in [1.165, 1.54) is 0 Å². The number of rotatable bonds is 4. The van der Waals surface area contributed by atoms with Crippen LogP contribution in [0.4, 0.5) is 5.69 Å². The molecule has 1 aliphatic heterocycles. The van der Waals surface area contributed by atoms with E-state index >= 15 is 0 Å². The van der Waals surface area contributed by atoms with Crippen LogP contribution in [0.2, 0.25) is 0 Å². The second-order valence-electron chi connectivity index (χ2n) is 6.89. The summed E-state index contributed by atoms with van der Waals surface area (Å²) in [4.78, 5) is 7.28. The first-order valence-electron chi connectivity index (χ1n) is 9.47. The Labute approximate surface area is 172 Å². The Morgan fingerprint density at radius 1 is 1.00 bits per heavy atom. The van der Waals surface area contributed by atoms with E-state index in [1.54, 1.807) is 13.3 Å². The van der Waals surface area contributed by atoms with Crippen molar-refractivity contribution in [3.8, 4) is 11.6 Å². The predicted octanol–water partition coefficient (Wildman–Crippen LogP) is 4.02. The van der Waals surface area contributed by atoms with Crippen LogP contribution in [0.1, 0.15) is 11.3 Å². The summed E-state index contributed by atoms with van der Waals surface area (Å²) in [6.07, 6.45) is 7.51. The van der Waals surface area contributed by atoms with Crippen molar-refractivity contribution in [3.05, 3.63) is 88.6 Å². The van der Waals surface area contributed by atoms with Crippen LogP contribution in [0.25, 0.3) is 28.8 Å². The monoisotopic (exact) mass is 394 g/mol. The molecule has 0 aliphatic carbocycles. The molecule has 6 heteroatoms. The number of H-pyrrole nitrogens is 1. The van der Waals surface area contributed by atoms with Crippen molar-refractivity contribution in [1.29, 1.82) is 0 Å². The molecule has 0 radical (unpaired) electrons. The fourth-order valence-corrected chi connectivity index (χ4v) is 3.48. The number of hydrogen-bond donors (Lipinski definition) is 2. The molecule has 0 bridgehead atoms. The van der Waals surface area contributed by atoms with E-state index in [9.17, 15) is 5.11 Å². The van der Waals surface area contributed by atoms with E-state index in [0.29, 0.717) is 5.56 Å². The topological polar surface area (TPSA) is 82.9 Å². The molecule has 0 spiro atoms. The summed E-state index contributed by atoms with van der Waals surface area (Å²) in [5.41, 5.74) is 4.00. The van der Waals surface area contributed by atoms with Gasteiger partial charge >= 0.3 is 0 Å². The van der Waals surface area contributed by atoms with E-state index < -0.39 is 0 Å². The number of fused-ring (bicyclic) bond motifs is 2. The summed E-state index contributed by atoms with van der Waals surface area (Å²) in [6, 6.07) is 17.3. The fourth-order valence-electron chi connectivity index (χ4n) is 3.48. The van der Waals surface area contributed by atoms with E-state index in [0.717, 1.165) is 44.2 Å². The molecule has 30 heavy (non-hydrogen) atoms. The van der Waals surface area contributed by atoms with Crippen LogP contribution in [0.3, 0.4) is 0 Å². The van der Waals surface area contributed by atoms with Gasteiger partial charge in [0.15, 0.2) is 5.88 Å². The van der Waals surface area contributed by atoms with Crippen LogP contribution in [0, 0.1) is 0 Å². The van der Waals surface area contributed by atoms with Crippen molar-refractivity contribution < 1.29 is 9.84 Å². The molecule has 4 aromatic rings. The Morgan fingerprint density at radius 3 is 2.77 bits per heavy atom. The predicted molar refractivity (Wildman–Crippen MR) is 117 cm³/mol. The molecule has 0 saturated carbocycles. The van der Waals surface area contributed by atoms with Gasteiger partial charge in [-0.25, -0.2) is 0 Å². The zero-order valence-corrected chi connectivity index (χ0v) is 16.2. The zero-order chi connectivity index (χ0) is 20.5. The molecule has 0 saturated heterocycles. The van der Waals surface area contributed by atoms with Crippen molar-refractivity contribution >= 4 is 34.4 Å². The van der Waals surface area contributed by atoms with Crippen LogP contribution in [0.5, 0.6) is 11.6 Å². The van der Waals surface area contributed by atoms with Gasteiger partial charge in [0, 0.05) is 27.9 Å². The number of aromatic amines is 1. The third-order valence-corrected chi connectivity index (χ3v) is 5.00. The van der Waals surface area contributed by atoms with Gasteiger partial charge in [0.05, 0.1) is 24.2 Å². The lowest BCUT2D eigenvalue weighted by Gasteiger charge is -1.99. The third kappa shape index (κ3) is 3.24. The van der Waals surface area contributed by atoms with E-state index in [-0.39, 0.29) is 5.88 Å². The van der Waals surface area contributed by atoms with Crippen molar-refractivity contribution in [2.75, 3.05) is 7.11 Å². The summed E-state index contributed by atoms with van der Waals surface area (Å²) < 4.78 is 5.31. The number of hydrogen-bond acceptors (Lipinski definition) is 5. The molecule has 2 aromatic carbocycles. The van der Waals surface area contributed by atoms with E-state index in [2.05, 4.69) is 20.2 Å². The Hall–Kier alpha value is -4.19. The summed E-state index contributed by atoms with van der Waals surface area (Å²) in [7, 11) is 1.62. The first kappa shape index (κ1) is 17.9. The van der Waals surface area contributed by atoms with Gasteiger partial charge in [-0.1, -0.05) is 12.1 Å². The van der Waals surface area contributed by atoms with Crippen LogP contribution in [0.15, 0.2) is 77.1 Å². The maximum absolute atomic E-state index is 10.4. The smallest absolute Gasteiger partial charge is 0.196 e. The minimum Gasteiger partial charge on any atom is -0.497 e. The first-order valence-corrected chi connectivity index (χ1v) is 9.47. The highest BCUT2D eigenvalue weighted by molar-refractivity contribution is 5.92. The molecular formula is C24H18N4O2. The molecule has 6 nitrogen and oxygen atoms in total. The summed E-state index contributed by atoms with van der Waals surface area (Å²) in [5, 5.41) is 21.7. The number of benzene rings is 2. The van der Waals surface area contributed by atoms with Crippen LogP contribution in [-0.2, 0) is 0 Å². The standard InChI is InChI=1S/C24H18N4O2/c1-30-17-7-10-21-19(14-17)20(24(29)26-21)12-15-5-8-18-22(27-28-23(18)13-15)9-6-16-4-2-3-11-25-16/h2-14,26,29H,1H3. The third-order valence-electron chi connectivity index (χ3n) is 5.00. The van der Waals surface area contributed by atoms with Crippen LogP contribution in [-0.4, -0.2) is 22.2 Å². The van der Waals surface area contributed by atoms with Gasteiger partial charge < -0.3 is 14.8 Å². The number of nitrogens with one attached hydrogen (secondary N) is 1. The van der Waals surface area contributed by atoms with E-state index in [1.807, 2.05) is 72.8 Å². The molecular weight excluding hydrogens is 376 g/mol. The average Bonchev–Trinajstić information content (AvgIpc) is 3.32. The lowest BCUT2D eigenvalue weighted by molar-refractivity contribution is 0.415. The summed E-state index contributed by atoms with van der Waals surface area (Å²) in [5.74, 6) is 0.851. The maximum atomic E-state index is 10.4. The molecule has 0 fully saturated rings.